The molecule has 4 rings (SSSR count). The van der Waals surface area contributed by atoms with Crippen LogP contribution in [0.3, 0.4) is 0 Å². The second-order valence-corrected chi connectivity index (χ2v) is 8.53. The van der Waals surface area contributed by atoms with Gasteiger partial charge in [0.2, 0.25) is 5.91 Å². The maximum Gasteiger partial charge on any atom is 0.260 e. The van der Waals surface area contributed by atoms with Gasteiger partial charge in [0, 0.05) is 42.0 Å². The molecule has 2 aliphatic rings. The molecule has 7 nitrogen and oxygen atoms in total. The van der Waals surface area contributed by atoms with Crippen LogP contribution in [-0.4, -0.2) is 52.4 Å². The molecule has 1 N–H and O–H groups in total. The van der Waals surface area contributed by atoms with E-state index in [1.54, 1.807) is 0 Å². The Labute approximate surface area is 183 Å². The van der Waals surface area contributed by atoms with Crippen LogP contribution in [0.5, 0.6) is 5.75 Å². The van der Waals surface area contributed by atoms with Gasteiger partial charge in [-0.3, -0.25) is 9.59 Å². The molecule has 1 saturated carbocycles. The highest BCUT2D eigenvalue weighted by Crippen LogP contribution is 2.26. The van der Waals surface area contributed by atoms with Crippen molar-refractivity contribution in [1.82, 2.24) is 20.2 Å². The van der Waals surface area contributed by atoms with Gasteiger partial charge in [0.1, 0.15) is 11.6 Å². The number of hydrogen-bond donors (Lipinski definition) is 1. The smallest absolute Gasteiger partial charge is 0.260 e. The van der Waals surface area contributed by atoms with Crippen molar-refractivity contribution in [3.63, 3.8) is 0 Å². The molecule has 2 heterocycles. The number of carbonyl (C=O) groups excluding carboxylic acids is 2. The van der Waals surface area contributed by atoms with Crippen LogP contribution in [-0.2, 0) is 16.0 Å². The Hall–Kier alpha value is -2.96. The van der Waals surface area contributed by atoms with Crippen LogP contribution in [0.1, 0.15) is 54.4 Å². The predicted molar refractivity (Wildman–Crippen MR) is 117 cm³/mol. The molecule has 1 aliphatic carbocycles. The van der Waals surface area contributed by atoms with E-state index in [2.05, 4.69) is 5.32 Å². The third-order valence-electron chi connectivity index (χ3n) is 5.96. The predicted octanol–water partition coefficient (Wildman–Crippen LogP) is 2.70. The lowest BCUT2D eigenvalue weighted by Gasteiger charge is -2.32. The Morgan fingerprint density at radius 2 is 1.81 bits per heavy atom. The van der Waals surface area contributed by atoms with Crippen molar-refractivity contribution >= 4 is 11.8 Å². The number of aromatic nitrogens is 2. The number of carbonyl (C=O) groups is 2. The molecule has 164 valence electrons. The van der Waals surface area contributed by atoms with Gasteiger partial charge in [-0.1, -0.05) is 18.2 Å². The summed E-state index contributed by atoms with van der Waals surface area (Å²) in [5, 5.41) is 3.03. The van der Waals surface area contributed by atoms with Crippen LogP contribution in [0.2, 0.25) is 0 Å². The summed E-state index contributed by atoms with van der Waals surface area (Å²) >= 11 is 0. The van der Waals surface area contributed by atoms with E-state index in [1.165, 1.54) is 0 Å². The fraction of sp³-hybridized carbons (Fsp3) is 0.500. The van der Waals surface area contributed by atoms with Crippen molar-refractivity contribution < 1.29 is 14.3 Å². The molecule has 1 aliphatic heterocycles. The zero-order valence-corrected chi connectivity index (χ0v) is 18.3. The van der Waals surface area contributed by atoms with Crippen molar-refractivity contribution in [3.8, 4) is 5.75 Å². The SMILES string of the molecule is Cc1nc([C@@H]2CCCN(C(=O)COc3ccccc3)C2)nc(C)c1CC(=O)NC1CC1. The first kappa shape index (κ1) is 21.3. The molecule has 0 radical (unpaired) electrons. The molecule has 1 saturated heterocycles. The first-order valence-corrected chi connectivity index (χ1v) is 11.1. The lowest BCUT2D eigenvalue weighted by molar-refractivity contribution is -0.134. The highest BCUT2D eigenvalue weighted by molar-refractivity contribution is 5.79. The van der Waals surface area contributed by atoms with Crippen LogP contribution in [0.15, 0.2) is 30.3 Å². The van der Waals surface area contributed by atoms with Gasteiger partial charge in [-0.15, -0.1) is 0 Å². The molecular weight excluding hydrogens is 392 g/mol. The van der Waals surface area contributed by atoms with Gasteiger partial charge in [-0.25, -0.2) is 9.97 Å². The topological polar surface area (TPSA) is 84.4 Å². The Bertz CT molecular complexity index is 920. The van der Waals surface area contributed by atoms with Crippen molar-refractivity contribution in [3.05, 3.63) is 53.1 Å². The second-order valence-electron chi connectivity index (χ2n) is 8.53. The number of para-hydroxylation sites is 1. The standard InChI is InChI=1S/C24H30N4O3/c1-16-21(13-22(29)27-19-10-11-19)17(2)26-24(25-16)18-7-6-12-28(14-18)23(30)15-31-20-8-4-3-5-9-20/h3-5,8-9,18-19H,6-7,10-15H2,1-2H3,(H,27,29)/t18-/m1/s1. The summed E-state index contributed by atoms with van der Waals surface area (Å²) in [6.45, 7) is 5.24. The molecular formula is C24H30N4O3. The van der Waals surface area contributed by atoms with Gasteiger partial charge in [0.25, 0.3) is 5.91 Å². The van der Waals surface area contributed by atoms with Gasteiger partial charge >= 0.3 is 0 Å². The summed E-state index contributed by atoms with van der Waals surface area (Å²) in [4.78, 5) is 36.2. The molecule has 2 fully saturated rings. The zero-order valence-electron chi connectivity index (χ0n) is 18.3. The number of rotatable bonds is 7. The molecule has 0 bridgehead atoms. The number of hydrogen-bond acceptors (Lipinski definition) is 5. The van der Waals surface area contributed by atoms with Gasteiger partial charge in [-0.2, -0.15) is 0 Å². The molecule has 1 atom stereocenters. The minimum atomic E-state index is -0.0182. The Kier molecular flexibility index (Phi) is 6.49. The number of nitrogens with zero attached hydrogens (tertiary/aromatic N) is 3. The number of likely N-dealkylation sites (tertiary alicyclic amines) is 1. The highest BCUT2D eigenvalue weighted by atomic mass is 16.5. The van der Waals surface area contributed by atoms with Crippen molar-refractivity contribution in [2.45, 2.75) is 57.9 Å². The third kappa shape index (κ3) is 5.60. The van der Waals surface area contributed by atoms with E-state index < -0.39 is 0 Å². The van der Waals surface area contributed by atoms with E-state index in [4.69, 9.17) is 14.7 Å². The largest absolute Gasteiger partial charge is 0.484 e. The number of benzene rings is 1. The van der Waals surface area contributed by atoms with Gasteiger partial charge in [0.15, 0.2) is 6.61 Å². The Balaban J connectivity index is 1.38. The van der Waals surface area contributed by atoms with Crippen molar-refractivity contribution in [1.29, 1.82) is 0 Å². The van der Waals surface area contributed by atoms with Gasteiger partial charge < -0.3 is 15.0 Å². The molecule has 0 unspecified atom stereocenters. The number of piperidine rings is 1. The summed E-state index contributed by atoms with van der Waals surface area (Å²) in [6.07, 6.45) is 4.33. The minimum Gasteiger partial charge on any atom is -0.484 e. The average molecular weight is 423 g/mol. The fourth-order valence-electron chi connectivity index (χ4n) is 4.04. The van der Waals surface area contributed by atoms with Crippen LogP contribution >= 0.6 is 0 Å². The first-order chi connectivity index (χ1) is 15.0. The molecule has 0 spiro atoms. The fourth-order valence-corrected chi connectivity index (χ4v) is 4.04. The van der Waals surface area contributed by atoms with Crippen molar-refractivity contribution in [2.24, 2.45) is 0 Å². The molecule has 2 aromatic rings. The average Bonchev–Trinajstić information content (AvgIpc) is 3.59. The number of aryl methyl sites for hydroxylation is 2. The zero-order chi connectivity index (χ0) is 21.8. The maximum absolute atomic E-state index is 12.7. The normalized spacial score (nSPS) is 18.5. The maximum atomic E-state index is 12.7. The highest BCUT2D eigenvalue weighted by Gasteiger charge is 2.28. The summed E-state index contributed by atoms with van der Waals surface area (Å²) in [6, 6.07) is 9.73. The number of ether oxygens (including phenoxy) is 1. The van der Waals surface area contributed by atoms with E-state index in [0.717, 1.165) is 55.0 Å². The van der Waals surface area contributed by atoms with Crippen LogP contribution in [0, 0.1) is 13.8 Å². The first-order valence-electron chi connectivity index (χ1n) is 11.1. The van der Waals surface area contributed by atoms with E-state index in [9.17, 15) is 9.59 Å². The summed E-state index contributed by atoms with van der Waals surface area (Å²) in [7, 11) is 0. The van der Waals surface area contributed by atoms with Crippen LogP contribution in [0.4, 0.5) is 0 Å². The van der Waals surface area contributed by atoms with Crippen LogP contribution in [0.25, 0.3) is 0 Å². The Morgan fingerprint density at radius 3 is 2.48 bits per heavy atom. The van der Waals surface area contributed by atoms with E-state index in [0.29, 0.717) is 24.8 Å². The summed E-state index contributed by atoms with van der Waals surface area (Å²) in [5.41, 5.74) is 2.61. The number of amides is 2. The summed E-state index contributed by atoms with van der Waals surface area (Å²) < 4.78 is 5.62. The lowest BCUT2D eigenvalue weighted by atomic mass is 9.96. The van der Waals surface area contributed by atoms with Gasteiger partial charge in [-0.05, 0) is 51.7 Å². The van der Waals surface area contributed by atoms with Crippen LogP contribution < -0.4 is 10.1 Å². The molecule has 2 amide bonds. The monoisotopic (exact) mass is 422 g/mol. The molecule has 1 aromatic heterocycles. The van der Waals surface area contributed by atoms with E-state index in [1.807, 2.05) is 49.1 Å². The minimum absolute atomic E-state index is 0.0182. The molecule has 1 aromatic carbocycles. The lowest BCUT2D eigenvalue weighted by Crippen LogP contribution is -2.42. The van der Waals surface area contributed by atoms with E-state index in [-0.39, 0.29) is 24.3 Å². The van der Waals surface area contributed by atoms with E-state index >= 15 is 0 Å². The summed E-state index contributed by atoms with van der Waals surface area (Å²) in [5.74, 6) is 1.58. The Morgan fingerprint density at radius 1 is 1.10 bits per heavy atom. The third-order valence-corrected chi connectivity index (χ3v) is 5.96. The molecule has 7 heteroatoms. The number of nitrogens with one attached hydrogen (secondary N) is 1. The van der Waals surface area contributed by atoms with Gasteiger partial charge in [0.05, 0.1) is 6.42 Å². The quantitative estimate of drug-likeness (QED) is 0.742. The van der Waals surface area contributed by atoms with Crippen molar-refractivity contribution in [2.75, 3.05) is 19.7 Å². The molecule has 31 heavy (non-hydrogen) atoms. The second kappa shape index (κ2) is 9.45.